The minimum Gasteiger partial charge on any atom is -0.381 e. The molecule has 2 fully saturated rings. The molecule has 0 radical (unpaired) electrons. The first-order valence-corrected chi connectivity index (χ1v) is 11.1. The van der Waals surface area contributed by atoms with Crippen LogP contribution in [-0.2, 0) is 14.9 Å². The summed E-state index contributed by atoms with van der Waals surface area (Å²) < 4.78 is 35.8. The molecule has 30 heavy (non-hydrogen) atoms. The predicted octanol–water partition coefficient (Wildman–Crippen LogP) is 5.05. The van der Waals surface area contributed by atoms with Crippen LogP contribution < -0.4 is 15.4 Å². The number of rotatable bonds is 5. The maximum absolute atomic E-state index is 14.0. The molecule has 1 spiro atoms. The van der Waals surface area contributed by atoms with E-state index >= 15 is 0 Å². The van der Waals surface area contributed by atoms with Gasteiger partial charge in [-0.05, 0) is 67.5 Å². The van der Waals surface area contributed by atoms with Crippen LogP contribution in [0.2, 0.25) is 0 Å². The summed E-state index contributed by atoms with van der Waals surface area (Å²) in [7, 11) is 0. The SMILES string of the molecule is O=C1Nc2c(NC3CCOCC3)cc(NSc3ccc(F)cc3F)cc2C12CCC2. The molecule has 2 aromatic carbocycles. The second-order valence-corrected chi connectivity index (χ2v) is 8.99. The van der Waals surface area contributed by atoms with Gasteiger partial charge in [0.05, 0.1) is 21.7 Å². The molecule has 2 heterocycles. The highest BCUT2D eigenvalue weighted by molar-refractivity contribution is 8.00. The van der Waals surface area contributed by atoms with Crippen molar-refractivity contribution in [2.75, 3.05) is 28.6 Å². The van der Waals surface area contributed by atoms with Crippen molar-refractivity contribution in [1.29, 1.82) is 0 Å². The van der Waals surface area contributed by atoms with Gasteiger partial charge in [0.25, 0.3) is 0 Å². The first kappa shape index (κ1) is 19.6. The summed E-state index contributed by atoms with van der Waals surface area (Å²) in [5.74, 6) is -1.15. The first-order valence-electron chi connectivity index (χ1n) is 10.3. The van der Waals surface area contributed by atoms with Crippen molar-refractivity contribution >= 4 is 34.9 Å². The van der Waals surface area contributed by atoms with Crippen LogP contribution in [0.3, 0.4) is 0 Å². The highest BCUT2D eigenvalue weighted by atomic mass is 32.2. The molecule has 5 nitrogen and oxygen atoms in total. The molecule has 0 atom stereocenters. The topological polar surface area (TPSA) is 62.4 Å². The van der Waals surface area contributed by atoms with Crippen LogP contribution >= 0.6 is 11.9 Å². The average Bonchev–Trinajstić information content (AvgIpc) is 3.00. The molecule has 0 unspecified atom stereocenters. The van der Waals surface area contributed by atoms with Crippen LogP contribution in [0.5, 0.6) is 0 Å². The van der Waals surface area contributed by atoms with E-state index in [1.54, 1.807) is 0 Å². The third kappa shape index (κ3) is 3.41. The normalized spacial score (nSPS) is 19.9. The second-order valence-electron chi connectivity index (χ2n) is 8.15. The summed E-state index contributed by atoms with van der Waals surface area (Å²) in [6.45, 7) is 1.43. The Labute approximate surface area is 178 Å². The predicted molar refractivity (Wildman–Crippen MR) is 114 cm³/mol. The Kier molecular flexibility index (Phi) is 5.06. The van der Waals surface area contributed by atoms with Crippen molar-refractivity contribution < 1.29 is 18.3 Å². The molecular weight excluding hydrogens is 408 g/mol. The number of fused-ring (bicyclic) bond motifs is 2. The van der Waals surface area contributed by atoms with E-state index < -0.39 is 17.0 Å². The summed E-state index contributed by atoms with van der Waals surface area (Å²) in [6, 6.07) is 7.72. The zero-order valence-electron chi connectivity index (χ0n) is 16.4. The number of hydrogen-bond acceptors (Lipinski definition) is 5. The van der Waals surface area contributed by atoms with Crippen LogP contribution in [-0.4, -0.2) is 25.2 Å². The second kappa shape index (κ2) is 7.74. The molecule has 1 saturated carbocycles. The van der Waals surface area contributed by atoms with Gasteiger partial charge in [0, 0.05) is 31.0 Å². The maximum Gasteiger partial charge on any atom is 0.235 e. The summed E-state index contributed by atoms with van der Waals surface area (Å²) in [4.78, 5) is 13.1. The molecule has 5 rings (SSSR count). The Hall–Kier alpha value is -2.32. The number of nitrogens with one attached hydrogen (secondary N) is 3. The Morgan fingerprint density at radius 2 is 1.93 bits per heavy atom. The van der Waals surface area contributed by atoms with Gasteiger partial charge in [0.15, 0.2) is 0 Å². The Balaban J connectivity index is 1.45. The summed E-state index contributed by atoms with van der Waals surface area (Å²) in [5.41, 5.74) is 3.05. The van der Waals surface area contributed by atoms with E-state index in [4.69, 9.17) is 4.74 Å². The van der Waals surface area contributed by atoms with Crippen LogP contribution in [0.4, 0.5) is 25.8 Å². The van der Waals surface area contributed by atoms with Crippen molar-refractivity contribution in [1.82, 2.24) is 0 Å². The molecule has 1 saturated heterocycles. The minimum atomic E-state index is -0.610. The maximum atomic E-state index is 14.0. The van der Waals surface area contributed by atoms with Gasteiger partial charge in [-0.3, -0.25) is 4.79 Å². The highest BCUT2D eigenvalue weighted by Gasteiger charge is 2.51. The number of carbonyl (C=O) groups excluding carboxylic acids is 1. The van der Waals surface area contributed by atoms with Crippen LogP contribution in [0.15, 0.2) is 35.2 Å². The monoisotopic (exact) mass is 431 g/mol. The Morgan fingerprint density at radius 3 is 2.63 bits per heavy atom. The van der Waals surface area contributed by atoms with Gasteiger partial charge in [-0.15, -0.1) is 0 Å². The third-order valence-corrected chi connectivity index (χ3v) is 7.18. The minimum absolute atomic E-state index is 0.0631. The van der Waals surface area contributed by atoms with Gasteiger partial charge in [-0.25, -0.2) is 8.78 Å². The molecule has 0 bridgehead atoms. The van der Waals surface area contributed by atoms with Gasteiger partial charge < -0.3 is 20.1 Å². The van der Waals surface area contributed by atoms with Gasteiger partial charge in [0.1, 0.15) is 11.6 Å². The van der Waals surface area contributed by atoms with Gasteiger partial charge in [-0.1, -0.05) is 6.42 Å². The smallest absolute Gasteiger partial charge is 0.235 e. The Morgan fingerprint density at radius 1 is 1.13 bits per heavy atom. The molecule has 2 aromatic rings. The van der Waals surface area contributed by atoms with Gasteiger partial charge >= 0.3 is 0 Å². The van der Waals surface area contributed by atoms with E-state index in [1.807, 2.05) is 12.1 Å². The van der Waals surface area contributed by atoms with E-state index in [9.17, 15) is 13.6 Å². The van der Waals surface area contributed by atoms with E-state index in [0.717, 1.165) is 72.7 Å². The lowest BCUT2D eigenvalue weighted by atomic mass is 9.65. The molecule has 3 N–H and O–H groups in total. The molecule has 2 aliphatic heterocycles. The quantitative estimate of drug-likeness (QED) is 0.579. The molecular formula is C22H23F2N3O2S. The number of benzene rings is 2. The standard InChI is InChI=1S/C22H23F2N3O2S/c23-13-2-3-19(17(24)10-13)30-27-15-11-16-20(26-21(28)22(16)6-1-7-22)18(12-15)25-14-4-8-29-9-5-14/h2-3,10-12,14,25,27H,1,4-9H2,(H,26,28). The lowest BCUT2D eigenvalue weighted by Crippen LogP contribution is -2.40. The molecule has 1 amide bonds. The van der Waals surface area contributed by atoms with E-state index in [0.29, 0.717) is 18.1 Å². The number of carbonyl (C=O) groups is 1. The zero-order valence-corrected chi connectivity index (χ0v) is 17.2. The van der Waals surface area contributed by atoms with Gasteiger partial charge in [-0.2, -0.15) is 0 Å². The molecule has 3 aliphatic rings. The van der Waals surface area contributed by atoms with Crippen molar-refractivity contribution in [3.8, 4) is 0 Å². The van der Waals surface area contributed by atoms with E-state index in [1.165, 1.54) is 12.1 Å². The summed E-state index contributed by atoms with van der Waals surface area (Å²) in [6.07, 6.45) is 4.52. The summed E-state index contributed by atoms with van der Waals surface area (Å²) in [5, 5.41) is 6.67. The first-order chi connectivity index (χ1) is 14.5. The fourth-order valence-corrected chi connectivity index (χ4v) is 5.08. The van der Waals surface area contributed by atoms with Crippen molar-refractivity contribution in [2.24, 2.45) is 0 Å². The fourth-order valence-electron chi connectivity index (χ4n) is 4.44. The largest absolute Gasteiger partial charge is 0.381 e. The van der Waals surface area contributed by atoms with Crippen molar-refractivity contribution in [2.45, 2.75) is 48.5 Å². The van der Waals surface area contributed by atoms with E-state index in [-0.39, 0.29) is 11.9 Å². The fraction of sp³-hybridized carbons (Fsp3) is 0.409. The van der Waals surface area contributed by atoms with E-state index in [2.05, 4.69) is 15.4 Å². The lowest BCUT2D eigenvalue weighted by molar-refractivity contribution is -0.123. The molecule has 8 heteroatoms. The van der Waals surface area contributed by atoms with Gasteiger partial charge in [0.2, 0.25) is 5.91 Å². The van der Waals surface area contributed by atoms with Crippen LogP contribution in [0.25, 0.3) is 0 Å². The Bertz CT molecular complexity index is 991. The number of amides is 1. The van der Waals surface area contributed by atoms with Crippen LogP contribution in [0.1, 0.15) is 37.7 Å². The highest BCUT2D eigenvalue weighted by Crippen LogP contribution is 2.54. The zero-order chi connectivity index (χ0) is 20.7. The number of hydrogen-bond donors (Lipinski definition) is 3. The van der Waals surface area contributed by atoms with Crippen molar-refractivity contribution in [3.63, 3.8) is 0 Å². The molecule has 158 valence electrons. The summed E-state index contributed by atoms with van der Waals surface area (Å²) >= 11 is 1.09. The third-order valence-electron chi connectivity index (χ3n) is 6.29. The molecule has 1 aliphatic carbocycles. The van der Waals surface area contributed by atoms with Crippen LogP contribution in [0, 0.1) is 11.6 Å². The number of anilines is 3. The molecule has 0 aromatic heterocycles. The van der Waals surface area contributed by atoms with Crippen molar-refractivity contribution in [3.05, 3.63) is 47.5 Å². The average molecular weight is 432 g/mol. The number of halogens is 2. The number of ether oxygens (including phenoxy) is 1. The lowest BCUT2D eigenvalue weighted by Gasteiger charge is -2.36.